The quantitative estimate of drug-likeness (QED) is 0.261. The summed E-state index contributed by atoms with van der Waals surface area (Å²) in [6.07, 6.45) is 5.05. The van der Waals surface area contributed by atoms with Crippen LogP contribution in [0.2, 0.25) is 0 Å². The summed E-state index contributed by atoms with van der Waals surface area (Å²) >= 11 is 0. The lowest BCUT2D eigenvalue weighted by Crippen LogP contribution is -2.29. The Morgan fingerprint density at radius 1 is 1.40 bits per heavy atom. The molecule has 0 aromatic heterocycles. The number of hydrogen-bond acceptors (Lipinski definition) is 2. The molecule has 3 heteroatoms. The SMILES string of the molecule is CCCCCCC(=O)NN. The van der Waals surface area contributed by atoms with E-state index in [2.05, 4.69) is 12.3 Å². The fraction of sp³-hybridized carbons (Fsp3) is 0.857. The molecule has 0 fully saturated rings. The van der Waals surface area contributed by atoms with Crippen molar-refractivity contribution >= 4 is 5.91 Å². The molecule has 0 rings (SSSR count). The summed E-state index contributed by atoms with van der Waals surface area (Å²) in [4.78, 5) is 10.5. The van der Waals surface area contributed by atoms with Gasteiger partial charge in [-0.05, 0) is 6.42 Å². The molecular weight excluding hydrogens is 128 g/mol. The zero-order valence-electron chi connectivity index (χ0n) is 6.52. The number of amides is 1. The first-order chi connectivity index (χ1) is 4.81. The summed E-state index contributed by atoms with van der Waals surface area (Å²) in [7, 11) is 0. The van der Waals surface area contributed by atoms with E-state index in [0.29, 0.717) is 6.42 Å². The van der Waals surface area contributed by atoms with Crippen LogP contribution in [0.4, 0.5) is 0 Å². The first-order valence-electron chi connectivity index (χ1n) is 3.80. The molecule has 3 N–H and O–H groups in total. The van der Waals surface area contributed by atoms with Crippen LogP contribution in [0, 0.1) is 0 Å². The summed E-state index contributed by atoms with van der Waals surface area (Å²) in [5, 5.41) is 0. The summed E-state index contributed by atoms with van der Waals surface area (Å²) in [6.45, 7) is 2.14. The smallest absolute Gasteiger partial charge is 0.233 e. The van der Waals surface area contributed by atoms with Crippen LogP contribution in [0.1, 0.15) is 39.0 Å². The van der Waals surface area contributed by atoms with Crippen LogP contribution >= 0.6 is 0 Å². The lowest BCUT2D eigenvalue weighted by atomic mass is 10.1. The van der Waals surface area contributed by atoms with Crippen molar-refractivity contribution < 1.29 is 4.79 Å². The van der Waals surface area contributed by atoms with Crippen molar-refractivity contribution in [2.75, 3.05) is 0 Å². The Morgan fingerprint density at radius 3 is 2.60 bits per heavy atom. The minimum Gasteiger partial charge on any atom is -0.294 e. The maximum atomic E-state index is 10.5. The third-order valence-corrected chi connectivity index (χ3v) is 1.42. The molecule has 10 heavy (non-hydrogen) atoms. The van der Waals surface area contributed by atoms with Crippen LogP contribution < -0.4 is 11.3 Å². The second-order valence-corrected chi connectivity index (χ2v) is 2.38. The van der Waals surface area contributed by atoms with E-state index in [1.807, 2.05) is 0 Å². The summed E-state index contributed by atoms with van der Waals surface area (Å²) in [5.74, 6) is 4.83. The highest BCUT2D eigenvalue weighted by Gasteiger charge is 1.95. The van der Waals surface area contributed by atoms with Crippen molar-refractivity contribution in [2.45, 2.75) is 39.0 Å². The van der Waals surface area contributed by atoms with E-state index < -0.39 is 0 Å². The zero-order chi connectivity index (χ0) is 7.82. The number of carbonyl (C=O) groups is 1. The van der Waals surface area contributed by atoms with Gasteiger partial charge in [-0.1, -0.05) is 26.2 Å². The average molecular weight is 144 g/mol. The van der Waals surface area contributed by atoms with Crippen molar-refractivity contribution in [3.63, 3.8) is 0 Å². The van der Waals surface area contributed by atoms with Gasteiger partial charge in [-0.3, -0.25) is 10.2 Å². The molecule has 0 bridgehead atoms. The van der Waals surface area contributed by atoms with E-state index in [1.54, 1.807) is 0 Å². The van der Waals surface area contributed by atoms with Gasteiger partial charge < -0.3 is 0 Å². The van der Waals surface area contributed by atoms with Crippen LogP contribution in [0.15, 0.2) is 0 Å². The van der Waals surface area contributed by atoms with Gasteiger partial charge in [0.2, 0.25) is 5.91 Å². The Labute approximate surface area is 62.0 Å². The molecule has 60 valence electrons. The van der Waals surface area contributed by atoms with E-state index >= 15 is 0 Å². The third kappa shape index (κ3) is 5.56. The Balaban J connectivity index is 2.96. The van der Waals surface area contributed by atoms with Crippen molar-refractivity contribution in [3.8, 4) is 0 Å². The molecule has 0 spiro atoms. The maximum Gasteiger partial charge on any atom is 0.233 e. The molecule has 0 radical (unpaired) electrons. The molecule has 0 saturated heterocycles. The molecule has 0 atom stereocenters. The third-order valence-electron chi connectivity index (χ3n) is 1.42. The second-order valence-electron chi connectivity index (χ2n) is 2.38. The Morgan fingerprint density at radius 2 is 2.10 bits per heavy atom. The van der Waals surface area contributed by atoms with Gasteiger partial charge in [0, 0.05) is 6.42 Å². The maximum absolute atomic E-state index is 10.5. The topological polar surface area (TPSA) is 55.1 Å². The van der Waals surface area contributed by atoms with Crippen molar-refractivity contribution in [1.29, 1.82) is 0 Å². The van der Waals surface area contributed by atoms with E-state index in [9.17, 15) is 4.79 Å². The number of hydrogen-bond donors (Lipinski definition) is 2. The fourth-order valence-corrected chi connectivity index (χ4v) is 0.785. The highest BCUT2D eigenvalue weighted by molar-refractivity contribution is 5.74. The normalized spacial score (nSPS) is 9.40. The standard InChI is InChI=1S/C7H16N2O/c1-2-3-4-5-6-7(10)9-8/h2-6,8H2,1H3,(H,9,10). The Bertz CT molecular complexity index is 93.6. The summed E-state index contributed by atoms with van der Waals surface area (Å²) in [6, 6.07) is 0. The van der Waals surface area contributed by atoms with E-state index in [0.717, 1.165) is 12.8 Å². The van der Waals surface area contributed by atoms with Crippen molar-refractivity contribution in [2.24, 2.45) is 5.84 Å². The van der Waals surface area contributed by atoms with Gasteiger partial charge in [-0.25, -0.2) is 5.84 Å². The number of hydrazine groups is 1. The van der Waals surface area contributed by atoms with E-state index in [-0.39, 0.29) is 5.91 Å². The molecule has 0 saturated carbocycles. The molecule has 0 aromatic carbocycles. The van der Waals surface area contributed by atoms with Crippen LogP contribution in [-0.2, 0) is 4.79 Å². The minimum absolute atomic E-state index is 0.0592. The molecule has 0 aromatic rings. The number of nitrogens with two attached hydrogens (primary N) is 1. The first kappa shape index (κ1) is 9.43. The van der Waals surface area contributed by atoms with E-state index in [1.165, 1.54) is 12.8 Å². The molecule has 0 unspecified atom stereocenters. The molecule has 3 nitrogen and oxygen atoms in total. The van der Waals surface area contributed by atoms with Gasteiger partial charge >= 0.3 is 0 Å². The fourth-order valence-electron chi connectivity index (χ4n) is 0.785. The van der Waals surface area contributed by atoms with Gasteiger partial charge in [0.25, 0.3) is 0 Å². The van der Waals surface area contributed by atoms with Gasteiger partial charge in [-0.15, -0.1) is 0 Å². The average Bonchev–Trinajstić information content (AvgIpc) is 1.98. The lowest BCUT2D eigenvalue weighted by Gasteiger charge is -1.97. The lowest BCUT2D eigenvalue weighted by molar-refractivity contribution is -0.121. The molecule has 0 aliphatic heterocycles. The van der Waals surface area contributed by atoms with Gasteiger partial charge in [-0.2, -0.15) is 0 Å². The Kier molecular flexibility index (Phi) is 6.18. The number of rotatable bonds is 5. The van der Waals surface area contributed by atoms with Crippen LogP contribution in [0.5, 0.6) is 0 Å². The summed E-state index contributed by atoms with van der Waals surface area (Å²) < 4.78 is 0. The molecule has 0 aliphatic rings. The largest absolute Gasteiger partial charge is 0.294 e. The van der Waals surface area contributed by atoms with Crippen LogP contribution in [0.3, 0.4) is 0 Å². The van der Waals surface area contributed by atoms with Gasteiger partial charge in [0.05, 0.1) is 0 Å². The highest BCUT2D eigenvalue weighted by Crippen LogP contribution is 2.01. The monoisotopic (exact) mass is 144 g/mol. The predicted octanol–water partition coefficient (Wildman–Crippen LogP) is 0.947. The first-order valence-corrected chi connectivity index (χ1v) is 3.80. The predicted molar refractivity (Wildman–Crippen MR) is 41.1 cm³/mol. The second kappa shape index (κ2) is 6.55. The minimum atomic E-state index is -0.0592. The molecule has 0 aliphatic carbocycles. The molecule has 1 amide bonds. The van der Waals surface area contributed by atoms with Crippen LogP contribution in [0.25, 0.3) is 0 Å². The van der Waals surface area contributed by atoms with E-state index in [4.69, 9.17) is 5.84 Å². The van der Waals surface area contributed by atoms with Gasteiger partial charge in [0.1, 0.15) is 0 Å². The van der Waals surface area contributed by atoms with Crippen LogP contribution in [-0.4, -0.2) is 5.91 Å². The van der Waals surface area contributed by atoms with Crippen molar-refractivity contribution in [1.82, 2.24) is 5.43 Å². The Hall–Kier alpha value is -0.570. The molecule has 0 heterocycles. The number of unbranched alkanes of at least 4 members (excludes halogenated alkanes) is 3. The van der Waals surface area contributed by atoms with Gasteiger partial charge in [0.15, 0.2) is 0 Å². The highest BCUT2D eigenvalue weighted by atomic mass is 16.2. The number of nitrogens with one attached hydrogen (secondary N) is 1. The number of carbonyl (C=O) groups excluding carboxylic acids is 1. The van der Waals surface area contributed by atoms with Crippen molar-refractivity contribution in [3.05, 3.63) is 0 Å². The zero-order valence-corrected chi connectivity index (χ0v) is 6.52. The summed E-state index contributed by atoms with van der Waals surface area (Å²) in [5.41, 5.74) is 2.10. The molecular formula is C7H16N2O.